The minimum Gasteiger partial charge on any atom is -1.00 e. The SMILES string of the molecule is O=Cc1cnn2ccc(N3CCCC3c3cc(F)ccc3F)cc12.[H-].[Na+]. The van der Waals surface area contributed by atoms with Gasteiger partial charge in [0, 0.05) is 24.0 Å². The number of hydrogen-bond donors (Lipinski definition) is 0. The van der Waals surface area contributed by atoms with Gasteiger partial charge in [-0.2, -0.15) is 5.10 Å². The topological polar surface area (TPSA) is 37.6 Å². The maximum atomic E-state index is 14.2. The van der Waals surface area contributed by atoms with Crippen LogP contribution in [-0.2, 0) is 0 Å². The summed E-state index contributed by atoms with van der Waals surface area (Å²) in [5, 5.41) is 4.12. The van der Waals surface area contributed by atoms with Gasteiger partial charge >= 0.3 is 29.6 Å². The van der Waals surface area contributed by atoms with Crippen LogP contribution in [0.1, 0.15) is 36.2 Å². The number of pyridine rings is 1. The monoisotopic (exact) mass is 351 g/mol. The third-order valence-electron chi connectivity index (χ3n) is 4.56. The molecule has 25 heavy (non-hydrogen) atoms. The van der Waals surface area contributed by atoms with E-state index >= 15 is 0 Å². The fourth-order valence-electron chi connectivity index (χ4n) is 3.43. The molecule has 124 valence electrons. The summed E-state index contributed by atoms with van der Waals surface area (Å²) in [7, 11) is 0. The standard InChI is InChI=1S/C18H15F2N3O.Na.H/c19-13-3-4-16(20)15(8-13)17-2-1-6-22(17)14-5-7-23-18(9-14)12(11-24)10-21-23;;/h3-5,7-11,17H,1-2,6H2;;/q;+1;-1. The molecule has 2 aromatic heterocycles. The molecular weight excluding hydrogens is 335 g/mol. The second-order valence-electron chi connectivity index (χ2n) is 5.95. The molecule has 0 N–H and O–H groups in total. The molecule has 1 aliphatic heterocycles. The van der Waals surface area contributed by atoms with Crippen LogP contribution in [0.5, 0.6) is 0 Å². The summed E-state index contributed by atoms with van der Waals surface area (Å²) in [5.74, 6) is -0.833. The van der Waals surface area contributed by atoms with E-state index in [1.54, 1.807) is 10.7 Å². The van der Waals surface area contributed by atoms with Crippen molar-refractivity contribution in [1.29, 1.82) is 0 Å². The van der Waals surface area contributed by atoms with Gasteiger partial charge in [0.25, 0.3) is 0 Å². The summed E-state index contributed by atoms with van der Waals surface area (Å²) in [6.45, 7) is 0.751. The number of carbonyl (C=O) groups excluding carboxylic acids is 1. The maximum Gasteiger partial charge on any atom is 1.00 e. The Morgan fingerprint density at radius 2 is 2.08 bits per heavy atom. The van der Waals surface area contributed by atoms with Crippen molar-refractivity contribution in [3.8, 4) is 0 Å². The molecule has 1 aromatic carbocycles. The van der Waals surface area contributed by atoms with Gasteiger partial charge in [0.1, 0.15) is 11.6 Å². The molecule has 0 spiro atoms. The minimum absolute atomic E-state index is 0. The fourth-order valence-corrected chi connectivity index (χ4v) is 3.43. The molecular formula is C18H16F2N3NaO. The van der Waals surface area contributed by atoms with Crippen molar-refractivity contribution in [2.75, 3.05) is 11.4 Å². The maximum absolute atomic E-state index is 14.2. The van der Waals surface area contributed by atoms with Crippen LogP contribution in [-0.4, -0.2) is 22.4 Å². The van der Waals surface area contributed by atoms with Crippen LogP contribution in [0, 0.1) is 11.6 Å². The molecule has 0 radical (unpaired) electrons. The van der Waals surface area contributed by atoms with Gasteiger partial charge in [-0.1, -0.05) is 0 Å². The normalized spacial score (nSPS) is 16.9. The van der Waals surface area contributed by atoms with E-state index in [1.807, 2.05) is 12.1 Å². The van der Waals surface area contributed by atoms with Crippen molar-refractivity contribution >= 4 is 17.5 Å². The number of hydrogen-bond acceptors (Lipinski definition) is 3. The smallest absolute Gasteiger partial charge is 1.00 e. The van der Waals surface area contributed by atoms with Crippen LogP contribution in [0.15, 0.2) is 42.7 Å². The third kappa shape index (κ3) is 3.21. The number of halogens is 2. The number of benzene rings is 1. The van der Waals surface area contributed by atoms with E-state index in [2.05, 4.69) is 10.00 Å². The van der Waals surface area contributed by atoms with E-state index < -0.39 is 11.6 Å². The van der Waals surface area contributed by atoms with Gasteiger partial charge < -0.3 is 6.33 Å². The van der Waals surface area contributed by atoms with Gasteiger partial charge in [-0.25, -0.2) is 13.3 Å². The number of aromatic nitrogens is 2. The van der Waals surface area contributed by atoms with E-state index in [4.69, 9.17) is 0 Å². The van der Waals surface area contributed by atoms with Gasteiger partial charge in [0.05, 0.1) is 23.3 Å². The zero-order valence-electron chi connectivity index (χ0n) is 14.8. The van der Waals surface area contributed by atoms with Gasteiger partial charge in [-0.15, -0.1) is 0 Å². The molecule has 0 saturated carbocycles. The molecule has 1 unspecified atom stereocenters. The van der Waals surface area contributed by atoms with Crippen LogP contribution in [0.4, 0.5) is 14.5 Å². The quantitative estimate of drug-likeness (QED) is 0.519. The van der Waals surface area contributed by atoms with Crippen LogP contribution in [0.3, 0.4) is 0 Å². The molecule has 7 heteroatoms. The van der Waals surface area contributed by atoms with Gasteiger partial charge in [0.2, 0.25) is 0 Å². The van der Waals surface area contributed by atoms with E-state index in [-0.39, 0.29) is 37.0 Å². The first-order valence-corrected chi connectivity index (χ1v) is 7.81. The van der Waals surface area contributed by atoms with Crippen molar-refractivity contribution in [2.24, 2.45) is 0 Å². The summed E-state index contributed by atoms with van der Waals surface area (Å²) in [6.07, 6.45) is 5.70. The summed E-state index contributed by atoms with van der Waals surface area (Å²) < 4.78 is 29.4. The Labute approximate surface area is 167 Å². The predicted octanol–water partition coefficient (Wildman–Crippen LogP) is 0.883. The average Bonchev–Trinajstić information content (AvgIpc) is 3.22. The zero-order chi connectivity index (χ0) is 16.7. The molecule has 0 bridgehead atoms. The Hall–Kier alpha value is -1.76. The Morgan fingerprint density at radius 1 is 1.24 bits per heavy atom. The first-order chi connectivity index (χ1) is 11.7. The van der Waals surface area contributed by atoms with Crippen molar-refractivity contribution in [3.05, 3.63) is 65.5 Å². The number of aldehydes is 1. The molecule has 1 fully saturated rings. The van der Waals surface area contributed by atoms with Gasteiger partial charge in [-0.3, -0.25) is 4.79 Å². The summed E-state index contributed by atoms with van der Waals surface area (Å²) in [4.78, 5) is 13.2. The molecule has 4 nitrogen and oxygen atoms in total. The Morgan fingerprint density at radius 3 is 2.88 bits per heavy atom. The Kier molecular flexibility index (Phi) is 5.22. The Balaban J connectivity index is 0.00000121. The fraction of sp³-hybridized carbons (Fsp3) is 0.222. The van der Waals surface area contributed by atoms with E-state index in [0.717, 1.165) is 37.4 Å². The predicted molar refractivity (Wildman–Crippen MR) is 87.4 cm³/mol. The summed E-state index contributed by atoms with van der Waals surface area (Å²) in [6, 6.07) is 7.10. The van der Waals surface area contributed by atoms with Crippen molar-refractivity contribution < 1.29 is 44.6 Å². The van der Waals surface area contributed by atoms with Gasteiger partial charge in [0.15, 0.2) is 6.29 Å². The van der Waals surface area contributed by atoms with Crippen LogP contribution >= 0.6 is 0 Å². The molecule has 3 aromatic rings. The average molecular weight is 351 g/mol. The molecule has 1 aliphatic rings. The molecule has 3 heterocycles. The number of carbonyl (C=O) groups is 1. The van der Waals surface area contributed by atoms with E-state index in [0.29, 0.717) is 16.6 Å². The second-order valence-corrected chi connectivity index (χ2v) is 5.95. The van der Waals surface area contributed by atoms with Gasteiger partial charge in [-0.05, 0) is 43.2 Å². The largest absolute Gasteiger partial charge is 1.00 e. The summed E-state index contributed by atoms with van der Waals surface area (Å²) >= 11 is 0. The summed E-state index contributed by atoms with van der Waals surface area (Å²) in [5.41, 5.74) is 2.45. The molecule has 1 saturated heterocycles. The molecule has 1 atom stereocenters. The first-order valence-electron chi connectivity index (χ1n) is 7.81. The number of anilines is 1. The second kappa shape index (κ2) is 7.23. The third-order valence-corrected chi connectivity index (χ3v) is 4.56. The van der Waals surface area contributed by atoms with Crippen molar-refractivity contribution in [1.82, 2.24) is 9.61 Å². The minimum atomic E-state index is -0.437. The molecule has 0 amide bonds. The van der Waals surface area contributed by atoms with Crippen LogP contribution < -0.4 is 34.5 Å². The van der Waals surface area contributed by atoms with Crippen LogP contribution in [0.25, 0.3) is 5.52 Å². The number of nitrogens with zero attached hydrogens (tertiary/aromatic N) is 3. The van der Waals surface area contributed by atoms with Crippen molar-refractivity contribution in [2.45, 2.75) is 18.9 Å². The van der Waals surface area contributed by atoms with E-state index in [1.165, 1.54) is 18.3 Å². The molecule has 0 aliphatic carbocycles. The van der Waals surface area contributed by atoms with E-state index in [9.17, 15) is 13.6 Å². The van der Waals surface area contributed by atoms with Crippen molar-refractivity contribution in [3.63, 3.8) is 0 Å². The van der Waals surface area contributed by atoms with Crippen LogP contribution in [0.2, 0.25) is 0 Å². The first kappa shape index (κ1) is 18.0. The molecule has 4 rings (SSSR count). The number of fused-ring (bicyclic) bond motifs is 1. The number of rotatable bonds is 3. The zero-order valence-corrected chi connectivity index (χ0v) is 15.8. The Bertz CT molecular complexity index is 934.